The van der Waals surface area contributed by atoms with Crippen LogP contribution in [0.25, 0.3) is 10.2 Å². The van der Waals surface area contributed by atoms with Gasteiger partial charge in [0.05, 0.1) is 10.4 Å². The second kappa shape index (κ2) is 9.59. The highest BCUT2D eigenvalue weighted by molar-refractivity contribution is 7.22. The first-order valence-electron chi connectivity index (χ1n) is 11.1. The number of carbonyl (C=O) groups excluding carboxylic acids is 1. The van der Waals surface area contributed by atoms with Crippen LogP contribution in [0.4, 0.5) is 21.3 Å². The summed E-state index contributed by atoms with van der Waals surface area (Å²) in [5.41, 5.74) is 1.91. The monoisotopic (exact) mass is 489 g/mol. The van der Waals surface area contributed by atoms with Crippen LogP contribution in [-0.4, -0.2) is 58.2 Å². The molecule has 1 fully saturated rings. The molecule has 0 radical (unpaired) electrons. The lowest BCUT2D eigenvalue weighted by molar-refractivity contribution is -0.129. The minimum absolute atomic E-state index is 0.0734. The number of hydrogen-bond donors (Lipinski definition) is 1. The van der Waals surface area contributed by atoms with E-state index in [9.17, 15) is 14.7 Å². The summed E-state index contributed by atoms with van der Waals surface area (Å²) in [4.78, 5) is 38.0. The molecule has 3 heterocycles. The molecular weight excluding hydrogens is 466 g/mol. The van der Waals surface area contributed by atoms with E-state index >= 15 is 0 Å². The number of anilines is 3. The van der Waals surface area contributed by atoms with E-state index in [0.29, 0.717) is 54.1 Å². The van der Waals surface area contributed by atoms with E-state index in [4.69, 9.17) is 4.74 Å². The Hall–Kier alpha value is -4.18. The van der Waals surface area contributed by atoms with Crippen LogP contribution in [0.5, 0.6) is 11.6 Å². The summed E-state index contributed by atoms with van der Waals surface area (Å²) in [7, 11) is 0. The number of piperazine rings is 1. The van der Waals surface area contributed by atoms with E-state index in [1.165, 1.54) is 11.3 Å². The van der Waals surface area contributed by atoms with Gasteiger partial charge in [-0.3, -0.25) is 4.79 Å². The number of carbonyl (C=O) groups is 2. The van der Waals surface area contributed by atoms with Gasteiger partial charge in [-0.25, -0.2) is 19.7 Å². The molecule has 0 saturated carbocycles. The van der Waals surface area contributed by atoms with Gasteiger partial charge in [0.25, 0.3) is 0 Å². The van der Waals surface area contributed by atoms with Gasteiger partial charge in [-0.15, -0.1) is 0 Å². The largest absolute Gasteiger partial charge is 0.464 e. The fourth-order valence-electron chi connectivity index (χ4n) is 4.04. The molecule has 0 bridgehead atoms. The Labute approximate surface area is 205 Å². The summed E-state index contributed by atoms with van der Waals surface area (Å²) >= 11 is 1.27. The lowest BCUT2D eigenvalue weighted by atomic mass is 10.2. The summed E-state index contributed by atoms with van der Waals surface area (Å²) < 4.78 is 7.05. The highest BCUT2D eigenvalue weighted by Gasteiger charge is 2.24. The topological polar surface area (TPSA) is 99.1 Å². The van der Waals surface area contributed by atoms with Crippen LogP contribution in [0, 0.1) is 0 Å². The van der Waals surface area contributed by atoms with Crippen molar-refractivity contribution in [3.63, 3.8) is 0 Å². The van der Waals surface area contributed by atoms with Crippen molar-refractivity contribution < 1.29 is 19.4 Å². The Balaban J connectivity index is 1.46. The third-order valence-corrected chi connectivity index (χ3v) is 6.80. The Morgan fingerprint density at radius 2 is 1.77 bits per heavy atom. The van der Waals surface area contributed by atoms with Gasteiger partial charge >= 0.3 is 6.09 Å². The van der Waals surface area contributed by atoms with Crippen LogP contribution in [0.2, 0.25) is 0 Å². The molecule has 10 heteroatoms. The van der Waals surface area contributed by atoms with Crippen LogP contribution in [0.3, 0.4) is 0 Å². The summed E-state index contributed by atoms with van der Waals surface area (Å²) in [6, 6.07) is 18.2. The first kappa shape index (κ1) is 22.6. The van der Waals surface area contributed by atoms with Crippen molar-refractivity contribution in [1.82, 2.24) is 14.9 Å². The Bertz CT molecular complexity index is 1370. The molecule has 1 aliphatic heterocycles. The molecule has 5 rings (SSSR count). The van der Waals surface area contributed by atoms with Gasteiger partial charge in [0.15, 0.2) is 5.75 Å². The number of thiazole rings is 1. The van der Waals surface area contributed by atoms with Crippen molar-refractivity contribution in [2.75, 3.05) is 36.0 Å². The van der Waals surface area contributed by atoms with Crippen molar-refractivity contribution >= 4 is 50.1 Å². The molecule has 2 aromatic carbocycles. The smallest absolute Gasteiger partial charge is 0.418 e. The molecule has 0 unspecified atom stereocenters. The number of rotatable bonds is 5. The zero-order valence-electron chi connectivity index (χ0n) is 19.0. The normalized spacial score (nSPS) is 13.6. The number of amides is 2. The molecule has 4 aromatic rings. The summed E-state index contributed by atoms with van der Waals surface area (Å²) in [5, 5.41) is 10.2. The number of hydrogen-bond acceptors (Lipinski definition) is 7. The van der Waals surface area contributed by atoms with Crippen molar-refractivity contribution in [3.8, 4) is 11.6 Å². The van der Waals surface area contributed by atoms with Gasteiger partial charge in [-0.2, -0.15) is 0 Å². The highest BCUT2D eigenvalue weighted by atomic mass is 32.1. The maximum absolute atomic E-state index is 12.1. The molecule has 0 aliphatic carbocycles. The third-order valence-electron chi connectivity index (χ3n) is 5.79. The maximum Gasteiger partial charge on any atom is 0.418 e. The first-order valence-corrected chi connectivity index (χ1v) is 11.9. The molecule has 9 nitrogen and oxygen atoms in total. The number of para-hydroxylation sites is 2. The maximum atomic E-state index is 12.1. The lowest BCUT2D eigenvalue weighted by Gasteiger charge is -2.35. The first-order chi connectivity index (χ1) is 17.0. The SMILES string of the molecule is CC(=O)N1CCN(c2cccnc2Oc2cccc3sc(N(C(=O)O)c4ccccc4)nc23)CC1. The van der Waals surface area contributed by atoms with Gasteiger partial charge in [0.1, 0.15) is 11.2 Å². The number of carboxylic acid groups (broad SMARTS) is 1. The Morgan fingerprint density at radius 3 is 2.49 bits per heavy atom. The molecule has 1 N–H and O–H groups in total. The van der Waals surface area contributed by atoms with Crippen molar-refractivity contribution in [1.29, 1.82) is 0 Å². The van der Waals surface area contributed by atoms with Crippen LogP contribution in [-0.2, 0) is 4.79 Å². The average Bonchev–Trinajstić information content (AvgIpc) is 3.29. The number of ether oxygens (including phenoxy) is 1. The predicted octanol–water partition coefficient (Wildman–Crippen LogP) is 4.97. The molecule has 0 spiro atoms. The second-order valence-corrected chi connectivity index (χ2v) is 8.98. The molecule has 178 valence electrons. The number of benzene rings is 2. The quantitative estimate of drug-likeness (QED) is 0.423. The van der Waals surface area contributed by atoms with Gasteiger partial charge in [0.2, 0.25) is 16.9 Å². The second-order valence-electron chi connectivity index (χ2n) is 7.98. The zero-order chi connectivity index (χ0) is 24.4. The Morgan fingerprint density at radius 1 is 1.00 bits per heavy atom. The van der Waals surface area contributed by atoms with Crippen molar-refractivity contribution in [2.24, 2.45) is 0 Å². The van der Waals surface area contributed by atoms with E-state index < -0.39 is 6.09 Å². The molecular formula is C25H23N5O4S. The van der Waals surface area contributed by atoms with Gasteiger partial charge in [0, 0.05) is 39.3 Å². The number of fused-ring (bicyclic) bond motifs is 1. The minimum Gasteiger partial charge on any atom is -0.464 e. The van der Waals surface area contributed by atoms with Gasteiger partial charge in [-0.05, 0) is 36.4 Å². The van der Waals surface area contributed by atoms with Crippen LogP contribution < -0.4 is 14.5 Å². The lowest BCUT2D eigenvalue weighted by Crippen LogP contribution is -2.48. The van der Waals surface area contributed by atoms with Gasteiger partial charge < -0.3 is 19.6 Å². The standard InChI is InChI=1S/C25H23N5O4S/c1-17(31)28-13-15-29(16-14-28)19-9-6-12-26-23(19)34-20-10-5-11-21-22(20)27-24(35-21)30(25(32)33)18-7-3-2-4-8-18/h2-12H,13-16H2,1H3,(H,32,33). The van der Waals surface area contributed by atoms with Crippen molar-refractivity contribution in [3.05, 3.63) is 66.9 Å². The molecule has 2 aromatic heterocycles. The fraction of sp³-hybridized carbons (Fsp3) is 0.200. The number of pyridine rings is 1. The van der Waals surface area contributed by atoms with E-state index in [1.807, 2.05) is 35.2 Å². The van der Waals surface area contributed by atoms with Crippen molar-refractivity contribution in [2.45, 2.75) is 6.92 Å². The Kier molecular flexibility index (Phi) is 6.19. The van der Waals surface area contributed by atoms with E-state index in [2.05, 4.69) is 14.9 Å². The minimum atomic E-state index is -1.12. The van der Waals surface area contributed by atoms with E-state index in [1.54, 1.807) is 43.5 Å². The zero-order valence-corrected chi connectivity index (χ0v) is 19.8. The van der Waals surface area contributed by atoms with E-state index in [-0.39, 0.29) is 5.91 Å². The van der Waals surface area contributed by atoms with Crippen LogP contribution >= 0.6 is 11.3 Å². The molecule has 1 aliphatic rings. The third kappa shape index (κ3) is 4.60. The van der Waals surface area contributed by atoms with Crippen LogP contribution in [0.1, 0.15) is 6.92 Å². The average molecular weight is 490 g/mol. The molecule has 2 amide bonds. The predicted molar refractivity (Wildman–Crippen MR) is 135 cm³/mol. The number of nitrogens with zero attached hydrogens (tertiary/aromatic N) is 5. The van der Waals surface area contributed by atoms with Gasteiger partial charge in [-0.1, -0.05) is 35.6 Å². The molecule has 35 heavy (non-hydrogen) atoms. The fourth-order valence-corrected chi connectivity index (χ4v) is 5.04. The van der Waals surface area contributed by atoms with E-state index in [0.717, 1.165) is 15.3 Å². The summed E-state index contributed by atoms with van der Waals surface area (Å²) in [6.07, 6.45) is 0.549. The molecule has 0 atom stereocenters. The summed E-state index contributed by atoms with van der Waals surface area (Å²) in [6.45, 7) is 4.22. The summed E-state index contributed by atoms with van der Waals surface area (Å²) in [5.74, 6) is 0.999. The number of aromatic nitrogens is 2. The molecule has 1 saturated heterocycles. The highest BCUT2D eigenvalue weighted by Crippen LogP contribution is 2.39. The van der Waals surface area contributed by atoms with Crippen LogP contribution in [0.15, 0.2) is 66.9 Å².